The third-order valence-electron chi connectivity index (χ3n) is 3.14. The maximum Gasteiger partial charge on any atom is 0.131 e. The molecule has 0 atom stereocenters. The van der Waals surface area contributed by atoms with Crippen LogP contribution in [0.5, 0.6) is 11.5 Å². The molecule has 20 heavy (non-hydrogen) atoms. The zero-order valence-electron chi connectivity index (χ0n) is 12.2. The number of benzene rings is 2. The van der Waals surface area contributed by atoms with Gasteiger partial charge in [-0.3, -0.25) is 0 Å². The van der Waals surface area contributed by atoms with Gasteiger partial charge in [0, 0.05) is 16.6 Å². The third kappa shape index (κ3) is 3.84. The highest BCUT2D eigenvalue weighted by Gasteiger charge is 2.06. The van der Waals surface area contributed by atoms with Crippen molar-refractivity contribution in [1.82, 2.24) is 5.32 Å². The maximum atomic E-state index is 6.04. The van der Waals surface area contributed by atoms with E-state index in [2.05, 4.69) is 54.2 Å². The van der Waals surface area contributed by atoms with Crippen molar-refractivity contribution >= 4 is 15.9 Å². The summed E-state index contributed by atoms with van der Waals surface area (Å²) in [4.78, 5) is 0. The van der Waals surface area contributed by atoms with E-state index in [1.807, 2.05) is 24.3 Å². The molecule has 3 heteroatoms. The highest BCUT2D eigenvalue weighted by molar-refractivity contribution is 9.10. The predicted molar refractivity (Wildman–Crippen MR) is 87.5 cm³/mol. The fourth-order valence-electron chi connectivity index (χ4n) is 2.01. The van der Waals surface area contributed by atoms with Gasteiger partial charge >= 0.3 is 0 Å². The van der Waals surface area contributed by atoms with Gasteiger partial charge in [0.15, 0.2) is 0 Å². The molecule has 0 radical (unpaired) electrons. The van der Waals surface area contributed by atoms with Crippen LogP contribution in [0.2, 0.25) is 0 Å². The van der Waals surface area contributed by atoms with E-state index < -0.39 is 0 Å². The fourth-order valence-corrected chi connectivity index (χ4v) is 2.26. The molecule has 0 unspecified atom stereocenters. The Morgan fingerprint density at radius 1 is 1.10 bits per heavy atom. The van der Waals surface area contributed by atoms with Crippen molar-refractivity contribution in [3.05, 3.63) is 57.6 Å². The summed E-state index contributed by atoms with van der Waals surface area (Å²) in [6, 6.07) is 12.3. The van der Waals surface area contributed by atoms with E-state index in [0.29, 0.717) is 0 Å². The summed E-state index contributed by atoms with van der Waals surface area (Å²) in [5.41, 5.74) is 3.60. The van der Waals surface area contributed by atoms with Crippen LogP contribution >= 0.6 is 15.9 Å². The number of aryl methyl sites for hydroxylation is 2. The van der Waals surface area contributed by atoms with E-state index in [4.69, 9.17) is 4.74 Å². The first-order valence-electron chi connectivity index (χ1n) is 6.84. The normalized spacial score (nSPS) is 10.6. The lowest BCUT2D eigenvalue weighted by molar-refractivity contribution is 0.472. The van der Waals surface area contributed by atoms with Crippen molar-refractivity contribution in [2.45, 2.75) is 27.3 Å². The first kappa shape index (κ1) is 15.1. The smallest absolute Gasteiger partial charge is 0.131 e. The van der Waals surface area contributed by atoms with E-state index in [1.165, 1.54) is 16.7 Å². The highest BCUT2D eigenvalue weighted by Crippen LogP contribution is 2.29. The van der Waals surface area contributed by atoms with Crippen LogP contribution in [-0.2, 0) is 6.54 Å². The molecule has 0 spiro atoms. The minimum Gasteiger partial charge on any atom is -0.457 e. The molecule has 0 heterocycles. The van der Waals surface area contributed by atoms with E-state index in [-0.39, 0.29) is 0 Å². The molecule has 0 saturated carbocycles. The van der Waals surface area contributed by atoms with E-state index in [9.17, 15) is 0 Å². The molecular formula is C17H20BrNO. The van der Waals surface area contributed by atoms with Crippen molar-refractivity contribution in [1.29, 1.82) is 0 Å². The molecule has 2 aromatic carbocycles. The zero-order valence-corrected chi connectivity index (χ0v) is 13.8. The number of rotatable bonds is 5. The van der Waals surface area contributed by atoms with Crippen molar-refractivity contribution in [2.75, 3.05) is 6.54 Å². The van der Waals surface area contributed by atoms with E-state index in [0.717, 1.165) is 29.1 Å². The number of halogens is 1. The van der Waals surface area contributed by atoms with Crippen LogP contribution in [0, 0.1) is 13.8 Å². The van der Waals surface area contributed by atoms with Gasteiger partial charge in [-0.1, -0.05) is 40.5 Å². The Balaban J connectivity index is 2.25. The van der Waals surface area contributed by atoms with Crippen molar-refractivity contribution < 1.29 is 4.74 Å². The van der Waals surface area contributed by atoms with Gasteiger partial charge in [-0.25, -0.2) is 0 Å². The molecule has 2 aromatic rings. The highest BCUT2D eigenvalue weighted by atomic mass is 79.9. The van der Waals surface area contributed by atoms with E-state index >= 15 is 0 Å². The molecule has 106 valence electrons. The average Bonchev–Trinajstić information content (AvgIpc) is 2.43. The first-order chi connectivity index (χ1) is 9.60. The van der Waals surface area contributed by atoms with Crippen molar-refractivity contribution in [2.24, 2.45) is 0 Å². The molecule has 0 aromatic heterocycles. The summed E-state index contributed by atoms with van der Waals surface area (Å²) >= 11 is 3.51. The maximum absolute atomic E-state index is 6.04. The standard InChI is InChI=1S/C17H20BrNO/c1-4-19-11-14-9-12(2)5-8-17(14)20-15-6-7-16(18)13(3)10-15/h5-10,19H,4,11H2,1-3H3. The van der Waals surface area contributed by atoms with Crippen LogP contribution in [0.1, 0.15) is 23.6 Å². The van der Waals surface area contributed by atoms with E-state index in [1.54, 1.807) is 0 Å². The van der Waals surface area contributed by atoms with Crippen LogP contribution in [0.4, 0.5) is 0 Å². The van der Waals surface area contributed by atoms with Gasteiger partial charge in [-0.2, -0.15) is 0 Å². The topological polar surface area (TPSA) is 21.3 Å². The van der Waals surface area contributed by atoms with Gasteiger partial charge in [0.1, 0.15) is 11.5 Å². The summed E-state index contributed by atoms with van der Waals surface area (Å²) in [5.74, 6) is 1.78. The quantitative estimate of drug-likeness (QED) is 0.834. The van der Waals surface area contributed by atoms with Crippen LogP contribution in [0.3, 0.4) is 0 Å². The molecule has 0 saturated heterocycles. The molecule has 2 nitrogen and oxygen atoms in total. The molecule has 0 fully saturated rings. The minimum atomic E-state index is 0.822. The van der Waals surface area contributed by atoms with Crippen molar-refractivity contribution in [3.63, 3.8) is 0 Å². The number of nitrogens with one attached hydrogen (secondary N) is 1. The van der Waals surface area contributed by atoms with Gasteiger partial charge < -0.3 is 10.1 Å². The third-order valence-corrected chi connectivity index (χ3v) is 4.03. The molecule has 0 aliphatic carbocycles. The summed E-state index contributed by atoms with van der Waals surface area (Å²) in [7, 11) is 0. The Labute approximate surface area is 129 Å². The first-order valence-corrected chi connectivity index (χ1v) is 7.63. The molecule has 2 rings (SSSR count). The van der Waals surface area contributed by atoms with Crippen LogP contribution < -0.4 is 10.1 Å². The zero-order chi connectivity index (χ0) is 14.5. The second kappa shape index (κ2) is 6.91. The second-order valence-electron chi connectivity index (χ2n) is 4.90. The Kier molecular flexibility index (Phi) is 5.21. The number of hydrogen-bond donors (Lipinski definition) is 1. The average molecular weight is 334 g/mol. The fraction of sp³-hybridized carbons (Fsp3) is 0.294. The monoisotopic (exact) mass is 333 g/mol. The Hall–Kier alpha value is -1.32. The van der Waals surface area contributed by atoms with Gasteiger partial charge in [0.05, 0.1) is 0 Å². The lowest BCUT2D eigenvalue weighted by Crippen LogP contribution is -2.12. The molecule has 0 amide bonds. The Morgan fingerprint density at radius 3 is 2.60 bits per heavy atom. The summed E-state index contributed by atoms with van der Waals surface area (Å²) in [6.07, 6.45) is 0. The largest absolute Gasteiger partial charge is 0.457 e. The molecule has 0 bridgehead atoms. The second-order valence-corrected chi connectivity index (χ2v) is 5.76. The van der Waals surface area contributed by atoms with Crippen LogP contribution in [-0.4, -0.2) is 6.54 Å². The van der Waals surface area contributed by atoms with Crippen LogP contribution in [0.15, 0.2) is 40.9 Å². The molecular weight excluding hydrogens is 314 g/mol. The van der Waals surface area contributed by atoms with Gasteiger partial charge in [0.25, 0.3) is 0 Å². The minimum absolute atomic E-state index is 0.822. The summed E-state index contributed by atoms with van der Waals surface area (Å²) < 4.78 is 7.14. The Bertz CT molecular complexity index is 596. The lowest BCUT2D eigenvalue weighted by atomic mass is 10.1. The van der Waals surface area contributed by atoms with Gasteiger partial charge in [-0.05, 0) is 50.2 Å². The molecule has 0 aliphatic heterocycles. The number of hydrogen-bond acceptors (Lipinski definition) is 2. The predicted octanol–water partition coefficient (Wildman–Crippen LogP) is 4.97. The SMILES string of the molecule is CCNCc1cc(C)ccc1Oc1ccc(Br)c(C)c1. The molecule has 1 N–H and O–H groups in total. The number of ether oxygens (including phenoxy) is 1. The van der Waals surface area contributed by atoms with Gasteiger partial charge in [0.2, 0.25) is 0 Å². The summed E-state index contributed by atoms with van der Waals surface area (Å²) in [5, 5.41) is 3.35. The molecule has 0 aliphatic rings. The van der Waals surface area contributed by atoms with Gasteiger partial charge in [-0.15, -0.1) is 0 Å². The Morgan fingerprint density at radius 2 is 1.90 bits per heavy atom. The van der Waals surface area contributed by atoms with Crippen LogP contribution in [0.25, 0.3) is 0 Å². The summed E-state index contributed by atoms with van der Waals surface area (Å²) in [6.45, 7) is 8.04. The lowest BCUT2D eigenvalue weighted by Gasteiger charge is -2.13. The van der Waals surface area contributed by atoms with Crippen molar-refractivity contribution in [3.8, 4) is 11.5 Å².